The smallest absolute Gasteiger partial charge is 0.251 e. The fourth-order valence-corrected chi connectivity index (χ4v) is 2.48. The number of carbonyl (C=O) groups excluding carboxylic acids is 1. The first-order chi connectivity index (χ1) is 8.79. The molecule has 3 heteroatoms. The van der Waals surface area contributed by atoms with Crippen LogP contribution in [0.15, 0.2) is 24.3 Å². The number of carbonyl (C=O) groups is 1. The Morgan fingerprint density at radius 2 is 1.89 bits per heavy atom. The molecular weight excluding hydrogens is 224 g/mol. The third kappa shape index (κ3) is 3.49. The molecular formula is C15H22N2O. The van der Waals surface area contributed by atoms with Crippen molar-refractivity contribution in [2.45, 2.75) is 32.6 Å². The Morgan fingerprint density at radius 1 is 1.22 bits per heavy atom. The third-order valence-electron chi connectivity index (χ3n) is 3.55. The normalized spacial score (nSPS) is 15.6. The van der Waals surface area contributed by atoms with E-state index in [1.54, 1.807) is 0 Å². The highest BCUT2D eigenvalue weighted by Crippen LogP contribution is 2.24. The second-order valence-electron chi connectivity index (χ2n) is 4.97. The Morgan fingerprint density at radius 3 is 2.50 bits per heavy atom. The van der Waals surface area contributed by atoms with Gasteiger partial charge >= 0.3 is 0 Å². The first-order valence-corrected chi connectivity index (χ1v) is 6.91. The number of hydrogen-bond donors (Lipinski definition) is 2. The van der Waals surface area contributed by atoms with Gasteiger partial charge in [-0.2, -0.15) is 0 Å². The van der Waals surface area contributed by atoms with Crippen LogP contribution in [-0.4, -0.2) is 19.0 Å². The van der Waals surface area contributed by atoms with Crippen molar-refractivity contribution in [3.05, 3.63) is 29.8 Å². The summed E-state index contributed by atoms with van der Waals surface area (Å²) in [6.07, 6.45) is 5.46. The summed E-state index contributed by atoms with van der Waals surface area (Å²) in [6, 6.07) is 7.73. The Bertz CT molecular complexity index is 380. The third-order valence-corrected chi connectivity index (χ3v) is 3.55. The molecule has 0 spiro atoms. The monoisotopic (exact) mass is 246 g/mol. The topological polar surface area (TPSA) is 41.1 Å². The van der Waals surface area contributed by atoms with Gasteiger partial charge in [-0.05, 0) is 49.9 Å². The molecule has 0 saturated heterocycles. The van der Waals surface area contributed by atoms with E-state index in [1.807, 2.05) is 31.2 Å². The lowest BCUT2D eigenvalue weighted by atomic mass is 10.1. The quantitative estimate of drug-likeness (QED) is 0.838. The average Bonchev–Trinajstić information content (AvgIpc) is 2.90. The van der Waals surface area contributed by atoms with Crippen LogP contribution in [0.3, 0.4) is 0 Å². The lowest BCUT2D eigenvalue weighted by Gasteiger charge is -2.12. The van der Waals surface area contributed by atoms with Crippen molar-refractivity contribution in [2.24, 2.45) is 5.92 Å². The Kier molecular flexibility index (Phi) is 4.62. The van der Waals surface area contributed by atoms with E-state index < -0.39 is 0 Å². The predicted octanol–water partition coefficient (Wildman–Crippen LogP) is 3.04. The van der Waals surface area contributed by atoms with Gasteiger partial charge in [-0.3, -0.25) is 4.79 Å². The summed E-state index contributed by atoms with van der Waals surface area (Å²) >= 11 is 0. The van der Waals surface area contributed by atoms with Crippen molar-refractivity contribution < 1.29 is 4.79 Å². The molecule has 0 aromatic heterocycles. The highest BCUT2D eigenvalue weighted by molar-refractivity contribution is 5.94. The second-order valence-corrected chi connectivity index (χ2v) is 4.97. The van der Waals surface area contributed by atoms with E-state index in [1.165, 1.54) is 25.7 Å². The van der Waals surface area contributed by atoms with E-state index in [4.69, 9.17) is 0 Å². The number of anilines is 1. The zero-order valence-corrected chi connectivity index (χ0v) is 11.0. The molecule has 0 radical (unpaired) electrons. The van der Waals surface area contributed by atoms with Crippen molar-refractivity contribution in [2.75, 3.05) is 18.4 Å². The maximum absolute atomic E-state index is 11.6. The standard InChI is InChI=1S/C15H22N2O/c1-2-16-15(18)13-7-9-14(10-8-13)17-11-12-5-3-4-6-12/h7-10,12,17H,2-6,11H2,1H3,(H,16,18). The first-order valence-electron chi connectivity index (χ1n) is 6.91. The molecule has 2 rings (SSSR count). The van der Waals surface area contributed by atoms with Crippen LogP contribution in [-0.2, 0) is 0 Å². The van der Waals surface area contributed by atoms with Gasteiger partial charge < -0.3 is 10.6 Å². The van der Waals surface area contributed by atoms with E-state index in [2.05, 4.69) is 10.6 Å². The summed E-state index contributed by atoms with van der Waals surface area (Å²) in [5, 5.41) is 6.25. The minimum Gasteiger partial charge on any atom is -0.385 e. The van der Waals surface area contributed by atoms with Gasteiger partial charge in [0.15, 0.2) is 0 Å². The molecule has 1 aliphatic rings. The van der Waals surface area contributed by atoms with Crippen LogP contribution < -0.4 is 10.6 Å². The van der Waals surface area contributed by atoms with Crippen LogP contribution in [0.2, 0.25) is 0 Å². The second kappa shape index (κ2) is 6.43. The van der Waals surface area contributed by atoms with Gasteiger partial charge in [0, 0.05) is 24.3 Å². The Hall–Kier alpha value is -1.51. The fourth-order valence-electron chi connectivity index (χ4n) is 2.48. The van der Waals surface area contributed by atoms with E-state index in [-0.39, 0.29) is 5.91 Å². The van der Waals surface area contributed by atoms with Crippen LogP contribution in [0, 0.1) is 5.92 Å². The number of nitrogens with one attached hydrogen (secondary N) is 2. The summed E-state index contributed by atoms with van der Waals surface area (Å²) in [4.78, 5) is 11.6. The summed E-state index contributed by atoms with van der Waals surface area (Å²) in [6.45, 7) is 3.65. The molecule has 0 aliphatic heterocycles. The summed E-state index contributed by atoms with van der Waals surface area (Å²) in [5.41, 5.74) is 1.83. The highest BCUT2D eigenvalue weighted by Gasteiger charge is 2.14. The molecule has 0 heterocycles. The Balaban J connectivity index is 1.85. The summed E-state index contributed by atoms with van der Waals surface area (Å²) < 4.78 is 0. The first kappa shape index (κ1) is 12.9. The van der Waals surface area contributed by atoms with Crippen molar-refractivity contribution in [1.29, 1.82) is 0 Å². The van der Waals surface area contributed by atoms with E-state index in [9.17, 15) is 4.79 Å². The van der Waals surface area contributed by atoms with E-state index in [0.717, 1.165) is 23.7 Å². The van der Waals surface area contributed by atoms with Gasteiger partial charge in [0.2, 0.25) is 0 Å². The molecule has 3 nitrogen and oxygen atoms in total. The maximum atomic E-state index is 11.6. The minimum atomic E-state index is -0.000145. The van der Waals surface area contributed by atoms with Gasteiger partial charge in [-0.25, -0.2) is 0 Å². The molecule has 1 aromatic carbocycles. The lowest BCUT2D eigenvalue weighted by molar-refractivity contribution is 0.0956. The maximum Gasteiger partial charge on any atom is 0.251 e. The molecule has 1 amide bonds. The molecule has 0 unspecified atom stereocenters. The van der Waals surface area contributed by atoms with Crippen molar-refractivity contribution in [3.63, 3.8) is 0 Å². The van der Waals surface area contributed by atoms with Crippen LogP contribution in [0.4, 0.5) is 5.69 Å². The van der Waals surface area contributed by atoms with Crippen LogP contribution in [0.5, 0.6) is 0 Å². The largest absolute Gasteiger partial charge is 0.385 e. The van der Waals surface area contributed by atoms with Crippen LogP contribution >= 0.6 is 0 Å². The van der Waals surface area contributed by atoms with Gasteiger partial charge in [0.1, 0.15) is 0 Å². The van der Waals surface area contributed by atoms with Crippen LogP contribution in [0.1, 0.15) is 43.0 Å². The SMILES string of the molecule is CCNC(=O)c1ccc(NCC2CCCC2)cc1. The zero-order valence-electron chi connectivity index (χ0n) is 11.0. The molecule has 1 saturated carbocycles. The van der Waals surface area contributed by atoms with Gasteiger partial charge in [0.25, 0.3) is 5.91 Å². The van der Waals surface area contributed by atoms with Gasteiger partial charge in [-0.1, -0.05) is 12.8 Å². The molecule has 0 atom stereocenters. The molecule has 1 fully saturated rings. The molecule has 1 aliphatic carbocycles. The summed E-state index contributed by atoms with van der Waals surface area (Å²) in [7, 11) is 0. The molecule has 1 aromatic rings. The van der Waals surface area contributed by atoms with Crippen molar-refractivity contribution >= 4 is 11.6 Å². The molecule has 98 valence electrons. The summed E-state index contributed by atoms with van der Waals surface area (Å²) in [5.74, 6) is 0.827. The zero-order chi connectivity index (χ0) is 12.8. The van der Waals surface area contributed by atoms with E-state index >= 15 is 0 Å². The fraction of sp³-hybridized carbons (Fsp3) is 0.533. The number of rotatable bonds is 5. The van der Waals surface area contributed by atoms with Crippen LogP contribution in [0.25, 0.3) is 0 Å². The minimum absolute atomic E-state index is 0.000145. The number of benzene rings is 1. The Labute approximate surface area is 109 Å². The van der Waals surface area contributed by atoms with Gasteiger partial charge in [0.05, 0.1) is 0 Å². The molecule has 2 N–H and O–H groups in total. The van der Waals surface area contributed by atoms with Gasteiger partial charge in [-0.15, -0.1) is 0 Å². The van der Waals surface area contributed by atoms with Crippen molar-refractivity contribution in [1.82, 2.24) is 5.32 Å². The lowest BCUT2D eigenvalue weighted by Crippen LogP contribution is -2.22. The molecule has 0 bridgehead atoms. The van der Waals surface area contributed by atoms with Crippen molar-refractivity contribution in [3.8, 4) is 0 Å². The highest BCUT2D eigenvalue weighted by atomic mass is 16.1. The molecule has 18 heavy (non-hydrogen) atoms. The van der Waals surface area contributed by atoms with E-state index in [0.29, 0.717) is 6.54 Å². The average molecular weight is 246 g/mol. The number of amides is 1. The number of hydrogen-bond acceptors (Lipinski definition) is 2. The predicted molar refractivity (Wildman–Crippen MR) is 74.9 cm³/mol.